The summed E-state index contributed by atoms with van der Waals surface area (Å²) in [5, 5.41) is 6.70. The van der Waals surface area contributed by atoms with Crippen molar-refractivity contribution in [3.63, 3.8) is 0 Å². The van der Waals surface area contributed by atoms with Crippen molar-refractivity contribution >= 4 is 75.4 Å². The zero-order valence-corrected chi connectivity index (χ0v) is 27.8. The molecular weight excluding hydrogens is 647 g/mol. The molecule has 0 N–H and O–H groups in total. The first-order chi connectivity index (χ1) is 25.3. The molecule has 0 radical (unpaired) electrons. The van der Waals surface area contributed by atoms with Crippen molar-refractivity contribution in [1.82, 2.24) is 15.0 Å². The van der Waals surface area contributed by atoms with E-state index in [0.717, 1.165) is 76.4 Å². The normalized spacial score (nSPS) is 11.9. The fourth-order valence-electron chi connectivity index (χ4n) is 7.45. The van der Waals surface area contributed by atoms with Crippen LogP contribution in [-0.2, 0) is 0 Å². The lowest BCUT2D eigenvalue weighted by molar-refractivity contribution is 0.669. The molecule has 0 bridgehead atoms. The number of fused-ring (bicyclic) bond motifs is 9. The lowest BCUT2D eigenvalue weighted by Gasteiger charge is -2.09. The van der Waals surface area contributed by atoms with E-state index >= 15 is 0 Å². The maximum atomic E-state index is 6.47. The Morgan fingerprint density at radius 2 is 1.02 bits per heavy atom. The highest BCUT2D eigenvalue weighted by atomic mass is 32.1. The van der Waals surface area contributed by atoms with Crippen LogP contribution in [0.25, 0.3) is 109 Å². The molecule has 0 saturated carbocycles. The first-order valence-corrected chi connectivity index (χ1v) is 17.7. The number of hydrogen-bond donors (Lipinski definition) is 0. The fraction of sp³-hybridized carbons (Fsp3) is 0. The zero-order chi connectivity index (χ0) is 33.5. The summed E-state index contributed by atoms with van der Waals surface area (Å²) in [5.41, 5.74) is 8.47. The Bertz CT molecular complexity index is 3160. The van der Waals surface area contributed by atoms with Crippen molar-refractivity contribution < 1.29 is 8.83 Å². The molecule has 6 heteroatoms. The van der Waals surface area contributed by atoms with Crippen LogP contribution in [0.5, 0.6) is 0 Å². The molecule has 238 valence electrons. The largest absolute Gasteiger partial charge is 0.456 e. The summed E-state index contributed by atoms with van der Waals surface area (Å²) in [6.07, 6.45) is 0. The van der Waals surface area contributed by atoms with Gasteiger partial charge in [-0.05, 0) is 35.9 Å². The van der Waals surface area contributed by atoms with E-state index in [-0.39, 0.29) is 0 Å². The summed E-state index contributed by atoms with van der Waals surface area (Å²) in [4.78, 5) is 15.3. The number of aromatic nitrogens is 3. The van der Waals surface area contributed by atoms with E-state index in [1.165, 1.54) is 15.5 Å². The van der Waals surface area contributed by atoms with E-state index in [9.17, 15) is 0 Å². The van der Waals surface area contributed by atoms with Gasteiger partial charge in [0, 0.05) is 64.0 Å². The standard InChI is InChI=1S/C45H25N3O2S/c1-2-11-26(12-3-1)43-46-44(48-45(47-43)34-18-9-21-37-40(34)32-14-5-7-20-36(32)49-37)27-23-24-33-39(25-27)51-38-22-10-15-29(41(33)38)31-17-8-16-30-28-13-4-6-19-35(28)50-42(30)31/h1-25H. The number of benzene rings is 7. The third kappa shape index (κ3) is 4.37. The average molecular weight is 672 g/mol. The SMILES string of the molecule is c1ccc(-c2nc(-c3ccc4c(c3)sc3cccc(-c5cccc6c5oc5ccccc56)c34)nc(-c3cccc4oc5ccccc5c34)n2)cc1. The minimum absolute atomic E-state index is 0.605. The van der Waals surface area contributed by atoms with Gasteiger partial charge in [-0.15, -0.1) is 11.3 Å². The van der Waals surface area contributed by atoms with Gasteiger partial charge in [-0.2, -0.15) is 0 Å². The zero-order valence-electron chi connectivity index (χ0n) is 27.0. The van der Waals surface area contributed by atoms with Crippen LogP contribution in [0.1, 0.15) is 0 Å². The minimum Gasteiger partial charge on any atom is -0.456 e. The van der Waals surface area contributed by atoms with Gasteiger partial charge in [0.25, 0.3) is 0 Å². The van der Waals surface area contributed by atoms with Gasteiger partial charge in [0.15, 0.2) is 17.5 Å². The van der Waals surface area contributed by atoms with Crippen LogP contribution in [0.3, 0.4) is 0 Å². The molecule has 0 spiro atoms. The molecule has 11 rings (SSSR count). The monoisotopic (exact) mass is 671 g/mol. The Balaban J connectivity index is 1.11. The van der Waals surface area contributed by atoms with Crippen LogP contribution >= 0.6 is 11.3 Å². The molecule has 0 saturated heterocycles. The van der Waals surface area contributed by atoms with E-state index in [1.54, 1.807) is 11.3 Å². The Labute approximate surface area is 295 Å². The van der Waals surface area contributed by atoms with E-state index in [2.05, 4.69) is 78.9 Å². The predicted molar refractivity (Wildman–Crippen MR) is 209 cm³/mol. The molecule has 0 aliphatic rings. The summed E-state index contributed by atoms with van der Waals surface area (Å²) in [7, 11) is 0. The third-order valence-electron chi connectivity index (χ3n) is 9.76. The van der Waals surface area contributed by atoms with E-state index < -0.39 is 0 Å². The molecule has 51 heavy (non-hydrogen) atoms. The maximum Gasteiger partial charge on any atom is 0.164 e. The molecule has 7 aromatic carbocycles. The number of hydrogen-bond acceptors (Lipinski definition) is 6. The molecule has 0 fully saturated rings. The van der Waals surface area contributed by atoms with Crippen molar-refractivity contribution in [2.24, 2.45) is 0 Å². The van der Waals surface area contributed by atoms with Crippen molar-refractivity contribution in [3.05, 3.63) is 152 Å². The molecule has 0 aliphatic heterocycles. The highest BCUT2D eigenvalue weighted by molar-refractivity contribution is 7.26. The van der Waals surface area contributed by atoms with Crippen molar-refractivity contribution in [2.45, 2.75) is 0 Å². The van der Waals surface area contributed by atoms with Crippen LogP contribution in [-0.4, -0.2) is 15.0 Å². The predicted octanol–water partition coefficient (Wildman–Crippen LogP) is 12.7. The van der Waals surface area contributed by atoms with Gasteiger partial charge in [0.2, 0.25) is 0 Å². The van der Waals surface area contributed by atoms with E-state index in [1.807, 2.05) is 72.8 Å². The molecule has 5 nitrogen and oxygen atoms in total. The maximum absolute atomic E-state index is 6.47. The van der Waals surface area contributed by atoms with Crippen molar-refractivity contribution in [2.75, 3.05) is 0 Å². The lowest BCUT2D eigenvalue weighted by Crippen LogP contribution is -2.00. The van der Waals surface area contributed by atoms with Crippen LogP contribution < -0.4 is 0 Å². The van der Waals surface area contributed by atoms with E-state index in [0.29, 0.717) is 17.5 Å². The molecule has 0 unspecified atom stereocenters. The number of para-hydroxylation sites is 3. The van der Waals surface area contributed by atoms with Crippen LogP contribution in [0.2, 0.25) is 0 Å². The van der Waals surface area contributed by atoms with Gasteiger partial charge in [-0.25, -0.2) is 15.0 Å². The van der Waals surface area contributed by atoms with Gasteiger partial charge in [0.05, 0.1) is 0 Å². The third-order valence-corrected chi connectivity index (χ3v) is 10.9. The number of nitrogens with zero attached hydrogens (tertiary/aromatic N) is 3. The molecule has 0 atom stereocenters. The minimum atomic E-state index is 0.605. The second-order valence-corrected chi connectivity index (χ2v) is 13.8. The summed E-state index contributed by atoms with van der Waals surface area (Å²) in [6, 6.07) is 52.0. The smallest absolute Gasteiger partial charge is 0.164 e. The summed E-state index contributed by atoms with van der Waals surface area (Å²) in [6.45, 7) is 0. The van der Waals surface area contributed by atoms with Crippen LogP contribution in [0.4, 0.5) is 0 Å². The molecule has 11 aromatic rings. The van der Waals surface area contributed by atoms with E-state index in [4.69, 9.17) is 23.8 Å². The van der Waals surface area contributed by atoms with Crippen molar-refractivity contribution in [1.29, 1.82) is 0 Å². The molecule has 0 aliphatic carbocycles. The van der Waals surface area contributed by atoms with Gasteiger partial charge >= 0.3 is 0 Å². The van der Waals surface area contributed by atoms with Crippen LogP contribution in [0, 0.1) is 0 Å². The second-order valence-electron chi connectivity index (χ2n) is 12.7. The second kappa shape index (κ2) is 10.9. The lowest BCUT2D eigenvalue weighted by atomic mass is 9.97. The summed E-state index contributed by atoms with van der Waals surface area (Å²) < 4.78 is 15.1. The van der Waals surface area contributed by atoms with Gasteiger partial charge < -0.3 is 8.83 Å². The first-order valence-electron chi connectivity index (χ1n) is 16.9. The topological polar surface area (TPSA) is 65.0 Å². The van der Waals surface area contributed by atoms with Gasteiger partial charge in [-0.3, -0.25) is 0 Å². The molecule has 0 amide bonds. The Kier molecular flexibility index (Phi) is 6.05. The van der Waals surface area contributed by atoms with Crippen molar-refractivity contribution in [3.8, 4) is 45.3 Å². The fourth-order valence-corrected chi connectivity index (χ4v) is 8.62. The summed E-state index contributed by atoms with van der Waals surface area (Å²) >= 11 is 1.78. The molecule has 4 aromatic heterocycles. The molecule has 4 heterocycles. The Morgan fingerprint density at radius 3 is 1.90 bits per heavy atom. The highest BCUT2D eigenvalue weighted by Gasteiger charge is 2.20. The van der Waals surface area contributed by atoms with Gasteiger partial charge in [-0.1, -0.05) is 121 Å². The average Bonchev–Trinajstić information content (AvgIpc) is 3.89. The summed E-state index contributed by atoms with van der Waals surface area (Å²) in [5.74, 6) is 1.85. The Morgan fingerprint density at radius 1 is 0.373 bits per heavy atom. The highest BCUT2D eigenvalue weighted by Crippen LogP contribution is 2.44. The quantitative estimate of drug-likeness (QED) is 0.186. The number of thiophene rings is 1. The van der Waals surface area contributed by atoms with Crippen LogP contribution in [0.15, 0.2) is 160 Å². The number of furan rings is 2. The molecular formula is C45H25N3O2S. The number of rotatable bonds is 4. The first kappa shape index (κ1) is 28.2. The Hall–Kier alpha value is -6.63. The van der Waals surface area contributed by atoms with Gasteiger partial charge in [0.1, 0.15) is 22.3 Å².